The molecule has 4 rings (SSSR count). The number of benzene rings is 2. The van der Waals surface area contributed by atoms with Crippen LogP contribution < -0.4 is 25.0 Å². The van der Waals surface area contributed by atoms with Gasteiger partial charge in [-0.3, -0.25) is 14.4 Å². The molecule has 0 saturated carbocycles. The standard InChI is InChI=1S/C24H21N3O5S/c1-14(28)25-15-6-8-16(9-7-15)26-22-21(20-5-4-12-33-20)23(29)27(24(22)30)18-13-17(31-2)10-11-19(18)32-3/h4-13,26H,1-3H3,(H,25,28). The maximum atomic E-state index is 13.5. The largest absolute Gasteiger partial charge is 0.497 e. The summed E-state index contributed by atoms with van der Waals surface area (Å²) in [5, 5.41) is 7.63. The maximum Gasteiger partial charge on any atom is 0.282 e. The quantitative estimate of drug-likeness (QED) is 0.512. The molecule has 3 aromatic rings. The topological polar surface area (TPSA) is 97.0 Å². The summed E-state index contributed by atoms with van der Waals surface area (Å²) in [6.45, 7) is 1.43. The van der Waals surface area contributed by atoms with Crippen LogP contribution in [-0.4, -0.2) is 31.9 Å². The van der Waals surface area contributed by atoms with Gasteiger partial charge in [0.15, 0.2) is 0 Å². The van der Waals surface area contributed by atoms with Crippen LogP contribution in [0.1, 0.15) is 11.8 Å². The summed E-state index contributed by atoms with van der Waals surface area (Å²) in [5.74, 6) is -0.312. The molecular weight excluding hydrogens is 442 g/mol. The van der Waals surface area contributed by atoms with E-state index in [0.29, 0.717) is 33.4 Å². The van der Waals surface area contributed by atoms with Gasteiger partial charge in [-0.25, -0.2) is 4.90 Å². The second-order valence-corrected chi connectivity index (χ2v) is 8.04. The average Bonchev–Trinajstić information content (AvgIpc) is 3.41. The highest BCUT2D eigenvalue weighted by atomic mass is 32.1. The van der Waals surface area contributed by atoms with Crippen molar-refractivity contribution in [1.82, 2.24) is 0 Å². The second kappa shape index (κ2) is 9.17. The molecule has 0 aliphatic carbocycles. The summed E-state index contributed by atoms with van der Waals surface area (Å²) in [7, 11) is 2.98. The minimum absolute atomic E-state index is 0.152. The summed E-state index contributed by atoms with van der Waals surface area (Å²) in [4.78, 5) is 40.1. The third-order valence-electron chi connectivity index (χ3n) is 4.95. The highest BCUT2D eigenvalue weighted by Gasteiger charge is 2.42. The highest BCUT2D eigenvalue weighted by Crippen LogP contribution is 2.40. The fourth-order valence-corrected chi connectivity index (χ4v) is 4.24. The van der Waals surface area contributed by atoms with E-state index in [4.69, 9.17) is 9.47 Å². The Hall–Kier alpha value is -4.11. The monoisotopic (exact) mass is 463 g/mol. The number of rotatable bonds is 7. The van der Waals surface area contributed by atoms with Crippen molar-refractivity contribution >= 4 is 51.7 Å². The van der Waals surface area contributed by atoms with E-state index in [1.54, 1.807) is 48.5 Å². The minimum atomic E-state index is -0.513. The zero-order valence-electron chi connectivity index (χ0n) is 18.2. The van der Waals surface area contributed by atoms with E-state index in [-0.39, 0.29) is 17.2 Å². The Balaban J connectivity index is 1.75. The van der Waals surface area contributed by atoms with Gasteiger partial charge in [0.25, 0.3) is 11.8 Å². The molecule has 3 amide bonds. The zero-order valence-corrected chi connectivity index (χ0v) is 19.0. The Morgan fingerprint density at radius 2 is 1.67 bits per heavy atom. The van der Waals surface area contributed by atoms with E-state index in [1.165, 1.54) is 32.5 Å². The van der Waals surface area contributed by atoms with Crippen LogP contribution in [-0.2, 0) is 14.4 Å². The van der Waals surface area contributed by atoms with Crippen LogP contribution in [0.25, 0.3) is 5.57 Å². The number of hydrogen-bond donors (Lipinski definition) is 2. The van der Waals surface area contributed by atoms with Crippen LogP contribution in [0.3, 0.4) is 0 Å². The van der Waals surface area contributed by atoms with Crippen molar-refractivity contribution < 1.29 is 23.9 Å². The molecule has 33 heavy (non-hydrogen) atoms. The molecule has 0 unspecified atom stereocenters. The number of ether oxygens (including phenoxy) is 2. The van der Waals surface area contributed by atoms with Crippen molar-refractivity contribution in [2.45, 2.75) is 6.92 Å². The summed E-state index contributed by atoms with van der Waals surface area (Å²) in [5.41, 5.74) is 1.93. The molecule has 0 bridgehead atoms. The Kier molecular flexibility index (Phi) is 6.14. The van der Waals surface area contributed by atoms with Crippen LogP contribution in [0.5, 0.6) is 11.5 Å². The van der Waals surface area contributed by atoms with Crippen LogP contribution in [0.2, 0.25) is 0 Å². The number of hydrogen-bond acceptors (Lipinski definition) is 7. The van der Waals surface area contributed by atoms with Crippen LogP contribution in [0.15, 0.2) is 65.7 Å². The van der Waals surface area contributed by atoms with Gasteiger partial charge in [0.05, 0.1) is 25.5 Å². The Morgan fingerprint density at radius 1 is 0.939 bits per heavy atom. The van der Waals surface area contributed by atoms with Crippen molar-refractivity contribution in [3.63, 3.8) is 0 Å². The SMILES string of the molecule is COc1ccc(OC)c(N2C(=O)C(Nc3ccc(NC(C)=O)cc3)=C(c3cccs3)C2=O)c1. The number of nitrogens with one attached hydrogen (secondary N) is 2. The maximum absolute atomic E-state index is 13.5. The van der Waals surface area contributed by atoms with E-state index < -0.39 is 11.8 Å². The molecule has 0 radical (unpaired) electrons. The highest BCUT2D eigenvalue weighted by molar-refractivity contribution is 7.11. The number of thiophene rings is 1. The minimum Gasteiger partial charge on any atom is -0.497 e. The average molecular weight is 464 g/mol. The summed E-state index contributed by atoms with van der Waals surface area (Å²) < 4.78 is 10.7. The van der Waals surface area contributed by atoms with Gasteiger partial charge in [-0.1, -0.05) is 6.07 Å². The molecule has 0 fully saturated rings. The molecule has 1 aromatic heterocycles. The van der Waals surface area contributed by atoms with E-state index >= 15 is 0 Å². The van der Waals surface area contributed by atoms with Gasteiger partial charge in [0.1, 0.15) is 17.2 Å². The lowest BCUT2D eigenvalue weighted by Crippen LogP contribution is -2.32. The van der Waals surface area contributed by atoms with E-state index in [0.717, 1.165) is 4.90 Å². The van der Waals surface area contributed by atoms with Gasteiger partial charge < -0.3 is 20.1 Å². The van der Waals surface area contributed by atoms with E-state index in [2.05, 4.69) is 10.6 Å². The fraction of sp³-hybridized carbons (Fsp3) is 0.125. The summed E-state index contributed by atoms with van der Waals surface area (Å²) in [6, 6.07) is 15.4. The van der Waals surface area contributed by atoms with Gasteiger partial charge >= 0.3 is 0 Å². The number of imide groups is 1. The molecular formula is C24H21N3O5S. The van der Waals surface area contributed by atoms with E-state index in [9.17, 15) is 14.4 Å². The lowest BCUT2D eigenvalue weighted by Gasteiger charge is -2.19. The first-order valence-electron chi connectivity index (χ1n) is 9.96. The summed E-state index contributed by atoms with van der Waals surface area (Å²) >= 11 is 1.36. The number of anilines is 3. The third kappa shape index (κ3) is 4.31. The Bertz CT molecular complexity index is 1250. The molecule has 0 atom stereocenters. The zero-order chi connectivity index (χ0) is 23.5. The number of carbonyl (C=O) groups excluding carboxylic acids is 3. The number of carbonyl (C=O) groups is 3. The van der Waals surface area contributed by atoms with Crippen LogP contribution in [0, 0.1) is 0 Å². The van der Waals surface area contributed by atoms with Gasteiger partial charge in [0.2, 0.25) is 5.91 Å². The molecule has 0 spiro atoms. The van der Waals surface area contributed by atoms with Crippen molar-refractivity contribution in [2.24, 2.45) is 0 Å². The molecule has 1 aliphatic heterocycles. The predicted octanol–water partition coefficient (Wildman–Crippen LogP) is 4.12. The first-order chi connectivity index (χ1) is 15.9. The predicted molar refractivity (Wildman–Crippen MR) is 128 cm³/mol. The van der Waals surface area contributed by atoms with Crippen molar-refractivity contribution in [2.75, 3.05) is 29.8 Å². The van der Waals surface area contributed by atoms with E-state index in [1.807, 2.05) is 11.4 Å². The summed E-state index contributed by atoms with van der Waals surface area (Å²) in [6.07, 6.45) is 0. The molecule has 168 valence electrons. The number of amides is 3. The Morgan fingerprint density at radius 3 is 2.27 bits per heavy atom. The molecule has 2 heterocycles. The molecule has 0 saturated heterocycles. The first-order valence-corrected chi connectivity index (χ1v) is 10.8. The molecule has 2 N–H and O–H groups in total. The molecule has 8 nitrogen and oxygen atoms in total. The smallest absolute Gasteiger partial charge is 0.282 e. The lowest BCUT2D eigenvalue weighted by atomic mass is 10.1. The normalized spacial score (nSPS) is 13.4. The van der Waals surface area contributed by atoms with Gasteiger partial charge in [0, 0.05) is 29.2 Å². The Labute approximate surface area is 194 Å². The van der Waals surface area contributed by atoms with Crippen molar-refractivity contribution in [3.05, 3.63) is 70.6 Å². The first kappa shape index (κ1) is 22.1. The second-order valence-electron chi connectivity index (χ2n) is 7.09. The van der Waals surface area contributed by atoms with Gasteiger partial charge in [-0.2, -0.15) is 0 Å². The number of methoxy groups -OCH3 is 2. The van der Waals surface area contributed by atoms with Crippen LogP contribution in [0.4, 0.5) is 17.1 Å². The van der Waals surface area contributed by atoms with Gasteiger partial charge in [-0.05, 0) is 47.8 Å². The van der Waals surface area contributed by atoms with Crippen molar-refractivity contribution in [1.29, 1.82) is 0 Å². The third-order valence-corrected chi connectivity index (χ3v) is 5.84. The molecule has 9 heteroatoms. The van der Waals surface area contributed by atoms with Crippen LogP contribution >= 0.6 is 11.3 Å². The van der Waals surface area contributed by atoms with Gasteiger partial charge in [-0.15, -0.1) is 11.3 Å². The fourth-order valence-electron chi connectivity index (χ4n) is 3.47. The molecule has 2 aromatic carbocycles. The number of nitrogens with zero attached hydrogens (tertiary/aromatic N) is 1. The van der Waals surface area contributed by atoms with Crippen molar-refractivity contribution in [3.8, 4) is 11.5 Å². The lowest BCUT2D eigenvalue weighted by molar-refractivity contribution is -0.120. The molecule has 1 aliphatic rings.